The highest BCUT2D eigenvalue weighted by Gasteiger charge is 2.14. The zero-order valence-electron chi connectivity index (χ0n) is 11.6. The lowest BCUT2D eigenvalue weighted by atomic mass is 10.2. The summed E-state index contributed by atoms with van der Waals surface area (Å²) in [5.41, 5.74) is 1.47. The topological polar surface area (TPSA) is 51.2 Å². The standard InChI is InChI=1S/C15H14BrFN2O2/c1-9-3-5-12(15(19-9)21-2)14(20)18-8-10-7-11(16)4-6-13(10)17/h3-7H,8H2,1-2H3,(H,18,20). The number of amides is 1. The van der Waals surface area contributed by atoms with Gasteiger partial charge in [-0.05, 0) is 37.3 Å². The van der Waals surface area contributed by atoms with E-state index in [1.165, 1.54) is 13.2 Å². The van der Waals surface area contributed by atoms with Crippen LogP contribution in [0.2, 0.25) is 0 Å². The van der Waals surface area contributed by atoms with E-state index in [0.29, 0.717) is 11.1 Å². The molecule has 0 saturated heterocycles. The second-order valence-corrected chi connectivity index (χ2v) is 5.34. The van der Waals surface area contributed by atoms with E-state index in [1.54, 1.807) is 31.2 Å². The van der Waals surface area contributed by atoms with Crippen molar-refractivity contribution in [3.8, 4) is 5.88 Å². The lowest BCUT2D eigenvalue weighted by Crippen LogP contribution is -2.24. The number of nitrogens with one attached hydrogen (secondary N) is 1. The van der Waals surface area contributed by atoms with Crippen molar-refractivity contribution >= 4 is 21.8 Å². The number of aryl methyl sites for hydroxylation is 1. The van der Waals surface area contributed by atoms with E-state index in [0.717, 1.165) is 10.2 Å². The average molecular weight is 353 g/mol. The molecular formula is C15H14BrFN2O2. The summed E-state index contributed by atoms with van der Waals surface area (Å²) in [5, 5.41) is 2.66. The van der Waals surface area contributed by atoms with Crippen LogP contribution in [0.25, 0.3) is 0 Å². The van der Waals surface area contributed by atoms with Crippen molar-refractivity contribution in [3.05, 3.63) is 57.4 Å². The first-order valence-electron chi connectivity index (χ1n) is 6.25. The molecule has 0 unspecified atom stereocenters. The Kier molecular flexibility index (Phi) is 4.90. The maximum absolute atomic E-state index is 13.6. The summed E-state index contributed by atoms with van der Waals surface area (Å²) >= 11 is 3.27. The number of aromatic nitrogens is 1. The normalized spacial score (nSPS) is 10.3. The predicted molar refractivity (Wildman–Crippen MR) is 80.8 cm³/mol. The minimum Gasteiger partial charge on any atom is -0.480 e. The SMILES string of the molecule is COc1nc(C)ccc1C(=O)NCc1cc(Br)ccc1F. The minimum absolute atomic E-state index is 0.0845. The third kappa shape index (κ3) is 3.78. The molecule has 0 aliphatic carbocycles. The van der Waals surface area contributed by atoms with Gasteiger partial charge >= 0.3 is 0 Å². The van der Waals surface area contributed by atoms with E-state index in [9.17, 15) is 9.18 Å². The van der Waals surface area contributed by atoms with Gasteiger partial charge in [-0.25, -0.2) is 9.37 Å². The predicted octanol–water partition coefficient (Wildman–Crippen LogP) is 3.23. The quantitative estimate of drug-likeness (QED) is 0.918. The average Bonchev–Trinajstić information content (AvgIpc) is 2.47. The van der Waals surface area contributed by atoms with Crippen LogP contribution in [0.1, 0.15) is 21.6 Å². The van der Waals surface area contributed by atoms with E-state index in [4.69, 9.17) is 4.74 Å². The van der Waals surface area contributed by atoms with Crippen molar-refractivity contribution in [2.75, 3.05) is 7.11 Å². The molecule has 21 heavy (non-hydrogen) atoms. The minimum atomic E-state index is -0.368. The third-order valence-electron chi connectivity index (χ3n) is 2.88. The summed E-state index contributed by atoms with van der Waals surface area (Å²) in [4.78, 5) is 16.3. The maximum atomic E-state index is 13.6. The van der Waals surface area contributed by atoms with Crippen LogP contribution in [0.4, 0.5) is 4.39 Å². The summed E-state index contributed by atoms with van der Waals surface area (Å²) in [6, 6.07) is 7.93. The van der Waals surface area contributed by atoms with Crippen molar-refractivity contribution in [2.45, 2.75) is 13.5 Å². The number of ether oxygens (including phenoxy) is 1. The lowest BCUT2D eigenvalue weighted by Gasteiger charge is -2.10. The molecule has 110 valence electrons. The third-order valence-corrected chi connectivity index (χ3v) is 3.38. The number of halogens is 2. The molecule has 6 heteroatoms. The summed E-state index contributed by atoms with van der Waals surface area (Å²) in [7, 11) is 1.45. The Morgan fingerprint density at radius 3 is 2.86 bits per heavy atom. The highest BCUT2D eigenvalue weighted by Crippen LogP contribution is 2.17. The van der Waals surface area contributed by atoms with Crippen LogP contribution in [0.15, 0.2) is 34.8 Å². The Bertz CT molecular complexity index is 677. The molecule has 0 radical (unpaired) electrons. The van der Waals surface area contributed by atoms with Crippen LogP contribution in [-0.4, -0.2) is 18.0 Å². The van der Waals surface area contributed by atoms with Gasteiger partial charge in [0.2, 0.25) is 5.88 Å². The van der Waals surface area contributed by atoms with Gasteiger partial charge < -0.3 is 10.1 Å². The monoisotopic (exact) mass is 352 g/mol. The fourth-order valence-electron chi connectivity index (χ4n) is 1.81. The molecule has 1 aromatic carbocycles. The van der Waals surface area contributed by atoms with Crippen LogP contribution in [0, 0.1) is 12.7 Å². The molecule has 0 aliphatic rings. The molecule has 0 fully saturated rings. The molecule has 0 spiro atoms. The fraction of sp³-hybridized carbons (Fsp3) is 0.200. The first-order chi connectivity index (χ1) is 10.0. The molecule has 4 nitrogen and oxygen atoms in total. The number of benzene rings is 1. The fourth-order valence-corrected chi connectivity index (χ4v) is 2.22. The Labute approximate surface area is 130 Å². The molecule has 0 aliphatic heterocycles. The first kappa shape index (κ1) is 15.4. The van der Waals surface area contributed by atoms with Gasteiger partial charge in [0.15, 0.2) is 0 Å². The lowest BCUT2D eigenvalue weighted by molar-refractivity contribution is 0.0947. The van der Waals surface area contributed by atoms with Crippen LogP contribution < -0.4 is 10.1 Å². The van der Waals surface area contributed by atoms with Crippen LogP contribution in [0.3, 0.4) is 0 Å². The number of rotatable bonds is 4. The van der Waals surface area contributed by atoms with Gasteiger partial charge in [-0.15, -0.1) is 0 Å². The highest BCUT2D eigenvalue weighted by atomic mass is 79.9. The number of methoxy groups -OCH3 is 1. The molecule has 0 atom stereocenters. The smallest absolute Gasteiger partial charge is 0.257 e. The number of nitrogens with zero attached hydrogens (tertiary/aromatic N) is 1. The second-order valence-electron chi connectivity index (χ2n) is 4.43. The maximum Gasteiger partial charge on any atom is 0.257 e. The van der Waals surface area contributed by atoms with E-state index >= 15 is 0 Å². The highest BCUT2D eigenvalue weighted by molar-refractivity contribution is 9.10. The molecule has 1 amide bonds. The summed E-state index contributed by atoms with van der Waals surface area (Å²) in [5.74, 6) is -0.478. The molecule has 1 heterocycles. The van der Waals surface area contributed by atoms with Gasteiger partial charge in [0, 0.05) is 22.3 Å². The van der Waals surface area contributed by atoms with Crippen molar-refractivity contribution in [1.29, 1.82) is 0 Å². The Morgan fingerprint density at radius 1 is 1.38 bits per heavy atom. The Hall–Kier alpha value is -1.95. The number of hydrogen-bond acceptors (Lipinski definition) is 3. The van der Waals surface area contributed by atoms with Gasteiger partial charge in [0.25, 0.3) is 5.91 Å². The number of carbonyl (C=O) groups is 1. The van der Waals surface area contributed by atoms with Crippen molar-refractivity contribution in [2.24, 2.45) is 0 Å². The van der Waals surface area contributed by atoms with E-state index in [2.05, 4.69) is 26.2 Å². The largest absolute Gasteiger partial charge is 0.480 e. The molecule has 0 saturated carbocycles. The second kappa shape index (κ2) is 6.67. The molecule has 1 N–H and O–H groups in total. The molecule has 2 aromatic rings. The zero-order valence-corrected chi connectivity index (χ0v) is 13.2. The summed E-state index contributed by atoms with van der Waals surface area (Å²) in [6.45, 7) is 1.89. The van der Waals surface area contributed by atoms with Crippen molar-refractivity contribution < 1.29 is 13.9 Å². The Balaban J connectivity index is 2.13. The van der Waals surface area contributed by atoms with E-state index in [1.807, 2.05) is 0 Å². The molecule has 1 aromatic heterocycles. The zero-order chi connectivity index (χ0) is 15.4. The van der Waals surface area contributed by atoms with E-state index < -0.39 is 0 Å². The summed E-state index contributed by atoms with van der Waals surface area (Å²) in [6.07, 6.45) is 0. The van der Waals surface area contributed by atoms with Crippen LogP contribution in [-0.2, 0) is 6.54 Å². The molecule has 2 rings (SSSR count). The van der Waals surface area contributed by atoms with E-state index in [-0.39, 0.29) is 24.1 Å². The van der Waals surface area contributed by atoms with Crippen molar-refractivity contribution in [1.82, 2.24) is 10.3 Å². The van der Waals surface area contributed by atoms with Gasteiger partial charge in [-0.3, -0.25) is 4.79 Å². The van der Waals surface area contributed by atoms with Crippen molar-refractivity contribution in [3.63, 3.8) is 0 Å². The number of hydrogen-bond donors (Lipinski definition) is 1. The molecule has 0 bridgehead atoms. The van der Waals surface area contributed by atoms with Crippen LogP contribution >= 0.6 is 15.9 Å². The number of carbonyl (C=O) groups excluding carboxylic acids is 1. The van der Waals surface area contributed by atoms with Gasteiger partial charge in [0.05, 0.1) is 7.11 Å². The molecular weight excluding hydrogens is 339 g/mol. The van der Waals surface area contributed by atoms with Gasteiger partial charge in [-0.2, -0.15) is 0 Å². The Morgan fingerprint density at radius 2 is 2.14 bits per heavy atom. The first-order valence-corrected chi connectivity index (χ1v) is 7.04. The van der Waals surface area contributed by atoms with Crippen LogP contribution in [0.5, 0.6) is 5.88 Å². The summed E-state index contributed by atoms with van der Waals surface area (Å²) < 4.78 is 19.5. The number of pyridine rings is 1. The van der Waals surface area contributed by atoms with Gasteiger partial charge in [0.1, 0.15) is 11.4 Å². The van der Waals surface area contributed by atoms with Gasteiger partial charge in [-0.1, -0.05) is 15.9 Å².